The topological polar surface area (TPSA) is 75.3 Å². The summed E-state index contributed by atoms with van der Waals surface area (Å²) in [6.07, 6.45) is -0.626. The number of benzene rings is 2. The highest BCUT2D eigenvalue weighted by Crippen LogP contribution is 2.22. The van der Waals surface area contributed by atoms with Gasteiger partial charge in [0.2, 0.25) is 0 Å². The van der Waals surface area contributed by atoms with Crippen molar-refractivity contribution in [1.82, 2.24) is 19.8 Å². The minimum absolute atomic E-state index is 0.365. The van der Waals surface area contributed by atoms with Crippen LogP contribution >= 0.6 is 0 Å². The van der Waals surface area contributed by atoms with Crippen LogP contribution in [0.5, 0.6) is 0 Å². The van der Waals surface area contributed by atoms with E-state index in [-0.39, 0.29) is 0 Å². The molecule has 2 aromatic heterocycles. The fraction of sp³-hybridized carbons (Fsp3) is 0.150. The minimum Gasteiger partial charge on any atom is -0.387 e. The summed E-state index contributed by atoms with van der Waals surface area (Å²) >= 11 is 0. The van der Waals surface area contributed by atoms with Crippen LogP contribution in [0.25, 0.3) is 16.8 Å². The van der Waals surface area contributed by atoms with Gasteiger partial charge in [-0.25, -0.2) is 0 Å². The van der Waals surface area contributed by atoms with Gasteiger partial charge in [-0.2, -0.15) is 4.52 Å². The zero-order valence-electron chi connectivity index (χ0n) is 14.4. The smallest absolute Gasteiger partial charge is 0.178 e. The van der Waals surface area contributed by atoms with Crippen LogP contribution in [-0.4, -0.2) is 31.5 Å². The van der Waals surface area contributed by atoms with Crippen molar-refractivity contribution >= 4 is 11.5 Å². The number of nitrogens with one attached hydrogen (secondary N) is 1. The molecule has 26 heavy (non-hydrogen) atoms. The molecule has 4 rings (SSSR count). The molecule has 2 N–H and O–H groups in total. The summed E-state index contributed by atoms with van der Waals surface area (Å²) in [6.45, 7) is 2.21. The summed E-state index contributed by atoms with van der Waals surface area (Å²) in [5, 5.41) is 26.0. The van der Waals surface area contributed by atoms with Gasteiger partial charge in [-0.1, -0.05) is 54.6 Å². The second-order valence-electron chi connectivity index (χ2n) is 6.12. The molecule has 4 aromatic rings. The Labute approximate surface area is 151 Å². The molecule has 2 heterocycles. The summed E-state index contributed by atoms with van der Waals surface area (Å²) in [5.41, 5.74) is 3.85. The number of aromatic nitrogens is 4. The number of aliphatic hydroxyl groups excluding tert-OH is 1. The summed E-state index contributed by atoms with van der Waals surface area (Å²) in [5.74, 6) is 1.39. The number of hydrogen-bond donors (Lipinski definition) is 2. The third kappa shape index (κ3) is 3.27. The van der Waals surface area contributed by atoms with Crippen molar-refractivity contribution < 1.29 is 5.11 Å². The van der Waals surface area contributed by atoms with Gasteiger partial charge < -0.3 is 10.4 Å². The third-order valence-electron chi connectivity index (χ3n) is 4.30. The normalized spacial score (nSPS) is 12.2. The maximum atomic E-state index is 10.4. The Hall–Kier alpha value is -3.25. The molecule has 0 aliphatic carbocycles. The van der Waals surface area contributed by atoms with E-state index in [2.05, 4.69) is 32.7 Å². The molecule has 0 spiro atoms. The lowest BCUT2D eigenvalue weighted by Crippen LogP contribution is -2.13. The minimum atomic E-state index is -0.626. The van der Waals surface area contributed by atoms with Crippen molar-refractivity contribution in [2.24, 2.45) is 0 Å². The molecule has 2 aromatic carbocycles. The predicted molar refractivity (Wildman–Crippen MR) is 101 cm³/mol. The third-order valence-corrected chi connectivity index (χ3v) is 4.30. The lowest BCUT2D eigenvalue weighted by Gasteiger charge is -2.13. The van der Waals surface area contributed by atoms with E-state index in [1.165, 1.54) is 0 Å². The molecule has 0 radical (unpaired) electrons. The molecule has 0 aliphatic heterocycles. The highest BCUT2D eigenvalue weighted by atomic mass is 16.3. The fourth-order valence-corrected chi connectivity index (χ4v) is 2.84. The highest BCUT2D eigenvalue weighted by Gasteiger charge is 2.09. The predicted octanol–water partition coefficient (Wildman–Crippen LogP) is 3.25. The number of aryl methyl sites for hydroxylation is 1. The molecule has 1 unspecified atom stereocenters. The Bertz CT molecular complexity index is 1010. The van der Waals surface area contributed by atoms with E-state index in [0.717, 1.165) is 22.5 Å². The molecular weight excluding hydrogens is 326 g/mol. The average molecular weight is 345 g/mol. The zero-order chi connectivity index (χ0) is 17.9. The number of nitrogens with zero attached hydrogens (tertiary/aromatic N) is 4. The lowest BCUT2D eigenvalue weighted by molar-refractivity contribution is 0.191. The molecule has 0 saturated carbocycles. The van der Waals surface area contributed by atoms with Crippen molar-refractivity contribution in [3.63, 3.8) is 0 Å². The second kappa shape index (κ2) is 6.93. The first kappa shape index (κ1) is 16.2. The highest BCUT2D eigenvalue weighted by molar-refractivity contribution is 5.63. The van der Waals surface area contributed by atoms with Gasteiger partial charge in [-0.05, 0) is 35.7 Å². The molecule has 0 fully saturated rings. The largest absolute Gasteiger partial charge is 0.387 e. The average Bonchev–Trinajstić information content (AvgIpc) is 3.07. The number of anilines is 1. The first-order valence-corrected chi connectivity index (χ1v) is 8.47. The van der Waals surface area contributed by atoms with Gasteiger partial charge in [0.1, 0.15) is 5.82 Å². The van der Waals surface area contributed by atoms with Gasteiger partial charge in [-0.15, -0.1) is 15.3 Å². The Morgan fingerprint density at radius 2 is 1.65 bits per heavy atom. The van der Waals surface area contributed by atoms with E-state index < -0.39 is 6.10 Å². The summed E-state index contributed by atoms with van der Waals surface area (Å²) in [7, 11) is 0. The standard InChI is InChI=1S/C20H19N5O/c1-14-22-23-20-12-11-19(24-25(14)20)21-13-18(26)17-9-7-16(8-10-17)15-5-3-2-4-6-15/h2-12,18,26H,13H2,1H3,(H,21,24). The van der Waals surface area contributed by atoms with E-state index in [1.54, 1.807) is 4.52 Å². The fourth-order valence-electron chi connectivity index (χ4n) is 2.84. The van der Waals surface area contributed by atoms with Crippen molar-refractivity contribution in [3.05, 3.63) is 78.1 Å². The maximum absolute atomic E-state index is 10.4. The Kier molecular flexibility index (Phi) is 4.33. The monoisotopic (exact) mass is 345 g/mol. The van der Waals surface area contributed by atoms with E-state index >= 15 is 0 Å². The quantitative estimate of drug-likeness (QED) is 0.581. The molecule has 0 saturated heterocycles. The van der Waals surface area contributed by atoms with Crippen molar-refractivity contribution in [3.8, 4) is 11.1 Å². The first-order chi connectivity index (χ1) is 12.7. The van der Waals surface area contributed by atoms with Gasteiger partial charge >= 0.3 is 0 Å². The van der Waals surface area contributed by atoms with Crippen LogP contribution in [0.4, 0.5) is 5.82 Å². The molecule has 1 atom stereocenters. The number of fused-ring (bicyclic) bond motifs is 1. The van der Waals surface area contributed by atoms with Gasteiger partial charge in [0.05, 0.1) is 6.10 Å². The van der Waals surface area contributed by atoms with Crippen LogP contribution in [0.2, 0.25) is 0 Å². The lowest BCUT2D eigenvalue weighted by atomic mass is 10.0. The van der Waals surface area contributed by atoms with Gasteiger partial charge in [-0.3, -0.25) is 0 Å². The molecule has 0 bridgehead atoms. The van der Waals surface area contributed by atoms with Crippen LogP contribution in [0.15, 0.2) is 66.7 Å². The van der Waals surface area contributed by atoms with Gasteiger partial charge in [0.15, 0.2) is 11.5 Å². The van der Waals surface area contributed by atoms with Crippen LogP contribution in [-0.2, 0) is 0 Å². The van der Waals surface area contributed by atoms with Crippen LogP contribution in [0, 0.1) is 6.92 Å². The summed E-state index contributed by atoms with van der Waals surface area (Å²) < 4.78 is 1.67. The first-order valence-electron chi connectivity index (χ1n) is 8.47. The number of aliphatic hydroxyl groups is 1. The van der Waals surface area contributed by atoms with Gasteiger partial charge in [0.25, 0.3) is 0 Å². The second-order valence-corrected chi connectivity index (χ2v) is 6.12. The SMILES string of the molecule is Cc1nnc2ccc(NCC(O)c3ccc(-c4ccccc4)cc3)nn12. The van der Waals surface area contributed by atoms with Crippen molar-refractivity contribution in [2.75, 3.05) is 11.9 Å². The van der Waals surface area contributed by atoms with E-state index in [4.69, 9.17) is 0 Å². The number of rotatable bonds is 5. The molecule has 6 heteroatoms. The number of hydrogen-bond acceptors (Lipinski definition) is 5. The molecule has 0 amide bonds. The Balaban J connectivity index is 1.44. The molecular formula is C20H19N5O. The summed E-state index contributed by atoms with van der Waals surface area (Å²) in [4.78, 5) is 0. The Morgan fingerprint density at radius 3 is 2.42 bits per heavy atom. The summed E-state index contributed by atoms with van der Waals surface area (Å²) in [6, 6.07) is 21.8. The van der Waals surface area contributed by atoms with Crippen LogP contribution < -0.4 is 5.32 Å². The molecule has 0 aliphatic rings. The van der Waals surface area contributed by atoms with Gasteiger partial charge in [0, 0.05) is 6.54 Å². The van der Waals surface area contributed by atoms with E-state index in [1.807, 2.05) is 61.5 Å². The van der Waals surface area contributed by atoms with E-state index in [9.17, 15) is 5.11 Å². The van der Waals surface area contributed by atoms with E-state index in [0.29, 0.717) is 18.0 Å². The van der Waals surface area contributed by atoms with Crippen molar-refractivity contribution in [1.29, 1.82) is 0 Å². The Morgan fingerprint density at radius 1 is 0.923 bits per heavy atom. The molecule has 130 valence electrons. The van der Waals surface area contributed by atoms with Crippen molar-refractivity contribution in [2.45, 2.75) is 13.0 Å². The van der Waals surface area contributed by atoms with Crippen LogP contribution in [0.3, 0.4) is 0 Å². The zero-order valence-corrected chi connectivity index (χ0v) is 14.4. The van der Waals surface area contributed by atoms with Crippen LogP contribution in [0.1, 0.15) is 17.5 Å². The maximum Gasteiger partial charge on any atom is 0.178 e. The molecule has 6 nitrogen and oxygen atoms in total.